The lowest BCUT2D eigenvalue weighted by Crippen LogP contribution is -2.34. The Kier molecular flexibility index (Phi) is 4.29. The number of hydrogen-bond donors (Lipinski definition) is 1. The molecular weight excluding hydrogens is 288 g/mol. The van der Waals surface area contributed by atoms with Crippen LogP contribution in [0.25, 0.3) is 0 Å². The Bertz CT molecular complexity index is 564. The number of pyridine rings is 1. The van der Waals surface area contributed by atoms with Crippen LogP contribution in [0, 0.1) is 0 Å². The summed E-state index contributed by atoms with van der Waals surface area (Å²) in [7, 11) is -1.56. The number of nitrogens with zero attached hydrogens (tertiary/aromatic N) is 3. The van der Waals surface area contributed by atoms with Crippen LogP contribution < -0.4 is 5.73 Å². The smallest absolute Gasteiger partial charge is 0.244 e. The van der Waals surface area contributed by atoms with Crippen molar-refractivity contribution in [3.63, 3.8) is 0 Å². The van der Waals surface area contributed by atoms with Crippen molar-refractivity contribution in [1.29, 1.82) is 0 Å². The van der Waals surface area contributed by atoms with Crippen molar-refractivity contribution in [3.8, 4) is 0 Å². The van der Waals surface area contributed by atoms with E-state index in [1.807, 2.05) is 7.05 Å². The van der Waals surface area contributed by atoms with E-state index in [0.717, 1.165) is 19.5 Å². The van der Waals surface area contributed by atoms with Crippen LogP contribution in [0.2, 0.25) is 5.02 Å². The number of anilines is 1. The quantitative estimate of drug-likeness (QED) is 0.867. The third kappa shape index (κ3) is 3.17. The Morgan fingerprint density at radius 2 is 2.05 bits per heavy atom. The molecule has 0 aromatic carbocycles. The summed E-state index contributed by atoms with van der Waals surface area (Å²) >= 11 is 5.84. The summed E-state index contributed by atoms with van der Waals surface area (Å²) in [5, 5.41) is 0.160. The van der Waals surface area contributed by atoms with E-state index in [2.05, 4.69) is 9.88 Å². The molecule has 0 aliphatic carbocycles. The first-order valence-corrected chi connectivity index (χ1v) is 7.83. The summed E-state index contributed by atoms with van der Waals surface area (Å²) in [5.74, 6) is 0.135. The first-order valence-electron chi connectivity index (χ1n) is 6.01. The molecule has 2 N–H and O–H groups in total. The van der Waals surface area contributed by atoms with E-state index in [-0.39, 0.29) is 15.7 Å². The minimum atomic E-state index is -3.54. The number of nitrogen functional groups attached to an aromatic ring is 1. The van der Waals surface area contributed by atoms with Gasteiger partial charge in [0.2, 0.25) is 10.0 Å². The fourth-order valence-electron chi connectivity index (χ4n) is 1.98. The second-order valence-corrected chi connectivity index (χ2v) is 6.94. The summed E-state index contributed by atoms with van der Waals surface area (Å²) in [6.45, 7) is 2.59. The molecule has 19 heavy (non-hydrogen) atoms. The van der Waals surface area contributed by atoms with Gasteiger partial charge >= 0.3 is 0 Å². The molecule has 2 heterocycles. The van der Waals surface area contributed by atoms with Crippen LogP contribution in [0.15, 0.2) is 17.2 Å². The molecule has 0 saturated carbocycles. The molecule has 6 nitrogen and oxygen atoms in total. The number of aromatic nitrogens is 1. The Hall–Kier alpha value is -0.890. The van der Waals surface area contributed by atoms with Gasteiger partial charge in [-0.2, -0.15) is 4.31 Å². The molecule has 0 spiro atoms. The van der Waals surface area contributed by atoms with Crippen molar-refractivity contribution in [2.24, 2.45) is 0 Å². The van der Waals surface area contributed by atoms with Gasteiger partial charge in [-0.05, 0) is 26.1 Å². The van der Waals surface area contributed by atoms with Gasteiger partial charge in [-0.15, -0.1) is 0 Å². The maximum Gasteiger partial charge on any atom is 0.244 e. The normalized spacial score (nSPS) is 19.3. The highest BCUT2D eigenvalue weighted by molar-refractivity contribution is 7.89. The molecule has 1 saturated heterocycles. The third-order valence-corrected chi connectivity index (χ3v) is 5.33. The number of likely N-dealkylation sites (N-methyl/N-ethyl adjacent to an activating group) is 1. The van der Waals surface area contributed by atoms with Crippen molar-refractivity contribution in [2.75, 3.05) is 39.0 Å². The van der Waals surface area contributed by atoms with E-state index in [4.69, 9.17) is 17.3 Å². The lowest BCUT2D eigenvalue weighted by atomic mass is 10.4. The number of rotatable bonds is 2. The average Bonchev–Trinajstić information content (AvgIpc) is 2.57. The summed E-state index contributed by atoms with van der Waals surface area (Å²) in [6.07, 6.45) is 2.07. The average molecular weight is 305 g/mol. The van der Waals surface area contributed by atoms with E-state index in [9.17, 15) is 8.42 Å². The first-order chi connectivity index (χ1) is 8.91. The highest BCUT2D eigenvalue weighted by atomic mass is 35.5. The first kappa shape index (κ1) is 14.5. The summed E-state index contributed by atoms with van der Waals surface area (Å²) < 4.78 is 26.4. The van der Waals surface area contributed by atoms with Gasteiger partial charge in [0.25, 0.3) is 0 Å². The second kappa shape index (κ2) is 5.62. The van der Waals surface area contributed by atoms with Gasteiger partial charge < -0.3 is 10.6 Å². The van der Waals surface area contributed by atoms with Crippen LogP contribution in [-0.2, 0) is 10.0 Å². The predicted molar refractivity (Wildman–Crippen MR) is 74.5 cm³/mol. The zero-order valence-corrected chi connectivity index (χ0v) is 12.3. The van der Waals surface area contributed by atoms with E-state index in [0.29, 0.717) is 13.1 Å². The zero-order chi connectivity index (χ0) is 14.0. The van der Waals surface area contributed by atoms with Gasteiger partial charge in [0.05, 0.1) is 5.02 Å². The standard InChI is InChI=1S/C11H17ClN4O2S/c1-15-3-2-4-16(6-5-15)19(17,18)9-7-10(12)11(13)14-8-9/h7-8H,2-6H2,1H3,(H2,13,14). The van der Waals surface area contributed by atoms with Crippen molar-refractivity contribution in [2.45, 2.75) is 11.3 Å². The van der Waals surface area contributed by atoms with Crippen molar-refractivity contribution >= 4 is 27.4 Å². The van der Waals surface area contributed by atoms with Crippen molar-refractivity contribution < 1.29 is 8.42 Å². The summed E-state index contributed by atoms with van der Waals surface area (Å²) in [4.78, 5) is 6.02. The highest BCUT2D eigenvalue weighted by Gasteiger charge is 2.26. The summed E-state index contributed by atoms with van der Waals surface area (Å²) in [6, 6.07) is 1.35. The van der Waals surface area contributed by atoms with E-state index >= 15 is 0 Å². The Morgan fingerprint density at radius 3 is 2.74 bits per heavy atom. The van der Waals surface area contributed by atoms with Crippen LogP contribution >= 0.6 is 11.6 Å². The predicted octanol–water partition coefficient (Wildman–Crippen LogP) is 0.643. The van der Waals surface area contributed by atoms with Gasteiger partial charge in [0.15, 0.2) is 0 Å². The van der Waals surface area contributed by atoms with Gasteiger partial charge in [0, 0.05) is 25.8 Å². The summed E-state index contributed by atoms with van der Waals surface area (Å²) in [5.41, 5.74) is 5.50. The van der Waals surface area contributed by atoms with E-state index < -0.39 is 10.0 Å². The number of hydrogen-bond acceptors (Lipinski definition) is 5. The molecule has 1 aliphatic heterocycles. The number of halogens is 1. The molecule has 106 valence electrons. The largest absolute Gasteiger partial charge is 0.382 e. The molecule has 8 heteroatoms. The van der Waals surface area contributed by atoms with E-state index in [1.54, 1.807) is 0 Å². The van der Waals surface area contributed by atoms with E-state index in [1.165, 1.54) is 16.6 Å². The van der Waals surface area contributed by atoms with Crippen LogP contribution in [-0.4, -0.2) is 55.8 Å². The fraction of sp³-hybridized carbons (Fsp3) is 0.545. The lowest BCUT2D eigenvalue weighted by molar-refractivity contribution is 0.347. The van der Waals surface area contributed by atoms with Crippen LogP contribution in [0.3, 0.4) is 0 Å². The molecule has 0 amide bonds. The topological polar surface area (TPSA) is 79.5 Å². The fourth-order valence-corrected chi connectivity index (χ4v) is 3.66. The van der Waals surface area contributed by atoms with Gasteiger partial charge in [-0.3, -0.25) is 0 Å². The molecular formula is C11H17ClN4O2S. The highest BCUT2D eigenvalue weighted by Crippen LogP contribution is 2.23. The second-order valence-electron chi connectivity index (χ2n) is 4.60. The monoisotopic (exact) mass is 304 g/mol. The van der Waals surface area contributed by atoms with Crippen LogP contribution in [0.4, 0.5) is 5.82 Å². The third-order valence-electron chi connectivity index (χ3n) is 3.16. The Labute approximate surface area is 118 Å². The molecule has 1 fully saturated rings. The molecule has 0 unspecified atom stereocenters. The van der Waals surface area contributed by atoms with Crippen molar-refractivity contribution in [3.05, 3.63) is 17.3 Å². The maximum atomic E-state index is 12.5. The molecule has 1 aromatic rings. The van der Waals surface area contributed by atoms with Gasteiger partial charge in [-0.1, -0.05) is 11.6 Å². The zero-order valence-electron chi connectivity index (χ0n) is 10.7. The number of nitrogens with two attached hydrogens (primary N) is 1. The molecule has 0 atom stereocenters. The van der Waals surface area contributed by atoms with Crippen molar-refractivity contribution in [1.82, 2.24) is 14.2 Å². The minimum Gasteiger partial charge on any atom is -0.382 e. The Morgan fingerprint density at radius 1 is 1.32 bits per heavy atom. The maximum absolute atomic E-state index is 12.5. The molecule has 0 radical (unpaired) electrons. The minimum absolute atomic E-state index is 0.0938. The van der Waals surface area contributed by atoms with Gasteiger partial charge in [-0.25, -0.2) is 13.4 Å². The lowest BCUT2D eigenvalue weighted by Gasteiger charge is -2.20. The molecule has 1 aromatic heterocycles. The molecule has 2 rings (SSSR count). The number of sulfonamides is 1. The molecule has 1 aliphatic rings. The Balaban J connectivity index is 2.28. The van der Waals surface area contributed by atoms with Crippen LogP contribution in [0.1, 0.15) is 6.42 Å². The van der Waals surface area contributed by atoms with Gasteiger partial charge in [0.1, 0.15) is 10.7 Å². The SMILES string of the molecule is CN1CCCN(S(=O)(=O)c2cnc(N)c(Cl)c2)CC1. The molecule has 0 bridgehead atoms. The van der Waals surface area contributed by atoms with Crippen LogP contribution in [0.5, 0.6) is 0 Å².